The van der Waals surface area contributed by atoms with E-state index in [-0.39, 0.29) is 25.2 Å². The molecule has 0 spiro atoms. The first-order valence-corrected chi connectivity index (χ1v) is 9.19. The van der Waals surface area contributed by atoms with Gasteiger partial charge in [0.2, 0.25) is 0 Å². The van der Waals surface area contributed by atoms with Crippen molar-refractivity contribution in [2.75, 3.05) is 26.2 Å². The minimum Gasteiger partial charge on any atom is -0.295 e. The highest BCUT2D eigenvalue weighted by atomic mass is 32.2. The molecule has 1 unspecified atom stereocenters. The van der Waals surface area contributed by atoms with Crippen molar-refractivity contribution in [2.45, 2.75) is 57.3 Å². The lowest BCUT2D eigenvalue weighted by Crippen LogP contribution is -2.53. The van der Waals surface area contributed by atoms with E-state index in [0.29, 0.717) is 19.4 Å². The summed E-state index contributed by atoms with van der Waals surface area (Å²) < 4.78 is 65.9. The van der Waals surface area contributed by atoms with Crippen LogP contribution in [0.25, 0.3) is 0 Å². The summed E-state index contributed by atoms with van der Waals surface area (Å²) in [4.78, 5) is 1.33. The Bertz CT molecular complexity index is 462. The van der Waals surface area contributed by atoms with Crippen molar-refractivity contribution in [3.8, 4) is 0 Å². The molecule has 0 aliphatic carbocycles. The number of nitrogens with one attached hydrogen (secondary N) is 1. The first-order valence-electron chi connectivity index (χ1n) is 7.75. The molecule has 2 rings (SSSR count). The number of alkyl halides is 3. The van der Waals surface area contributed by atoms with E-state index in [1.807, 2.05) is 6.92 Å². The fraction of sp³-hybridized carbons (Fsp3) is 1.00. The molecule has 9 heteroatoms. The molecule has 0 aromatic rings. The third-order valence-electron chi connectivity index (χ3n) is 4.36. The molecule has 2 heterocycles. The van der Waals surface area contributed by atoms with Crippen molar-refractivity contribution >= 4 is 10.2 Å². The first kappa shape index (κ1) is 18.0. The molecule has 22 heavy (non-hydrogen) atoms. The van der Waals surface area contributed by atoms with Crippen LogP contribution in [0.3, 0.4) is 0 Å². The van der Waals surface area contributed by atoms with Gasteiger partial charge in [0.05, 0.1) is 6.54 Å². The van der Waals surface area contributed by atoms with Gasteiger partial charge in [0, 0.05) is 18.6 Å². The van der Waals surface area contributed by atoms with E-state index in [2.05, 4.69) is 4.72 Å². The van der Waals surface area contributed by atoms with Gasteiger partial charge in [0.15, 0.2) is 0 Å². The number of piperidine rings is 2. The Morgan fingerprint density at radius 2 is 1.73 bits per heavy atom. The predicted octanol–water partition coefficient (Wildman–Crippen LogP) is 1.72. The lowest BCUT2D eigenvalue weighted by molar-refractivity contribution is -0.148. The fourth-order valence-electron chi connectivity index (χ4n) is 3.17. The van der Waals surface area contributed by atoms with Gasteiger partial charge in [-0.3, -0.25) is 4.90 Å². The van der Waals surface area contributed by atoms with Gasteiger partial charge >= 0.3 is 6.18 Å². The van der Waals surface area contributed by atoms with Crippen molar-refractivity contribution in [3.63, 3.8) is 0 Å². The van der Waals surface area contributed by atoms with Crippen molar-refractivity contribution in [2.24, 2.45) is 0 Å². The third-order valence-corrected chi connectivity index (χ3v) is 6.15. The van der Waals surface area contributed by atoms with E-state index in [1.54, 1.807) is 0 Å². The molecule has 130 valence electrons. The van der Waals surface area contributed by atoms with Crippen LogP contribution in [-0.4, -0.2) is 62.1 Å². The van der Waals surface area contributed by atoms with Crippen LogP contribution in [0.5, 0.6) is 0 Å². The lowest BCUT2D eigenvalue weighted by atomic mass is 10.1. The maximum absolute atomic E-state index is 12.4. The number of hydrogen-bond acceptors (Lipinski definition) is 3. The minimum atomic E-state index is -4.20. The topological polar surface area (TPSA) is 52.7 Å². The summed E-state index contributed by atoms with van der Waals surface area (Å²) in [6, 6.07) is -0.292. The number of nitrogens with zero attached hydrogens (tertiary/aromatic N) is 2. The number of likely N-dealkylation sites (tertiary alicyclic amines) is 1. The molecule has 0 aromatic carbocycles. The molecule has 0 radical (unpaired) electrons. The molecule has 1 N–H and O–H groups in total. The standard InChI is InChI=1S/C13H24F3N3O2S/c1-11-4-2-3-7-19(11)22(20,21)17-12-5-8-18(9-6-12)10-13(14,15)16/h11-12,17H,2-10H2,1H3. The predicted molar refractivity (Wildman–Crippen MR) is 77.6 cm³/mol. The second-order valence-electron chi connectivity index (χ2n) is 6.24. The fourth-order valence-corrected chi connectivity index (χ4v) is 4.91. The Labute approximate surface area is 130 Å². The van der Waals surface area contributed by atoms with Gasteiger partial charge in [-0.25, -0.2) is 0 Å². The molecule has 0 amide bonds. The van der Waals surface area contributed by atoms with Crippen LogP contribution >= 0.6 is 0 Å². The maximum Gasteiger partial charge on any atom is 0.401 e. The second kappa shape index (κ2) is 7.02. The molecule has 1 atom stereocenters. The van der Waals surface area contributed by atoms with E-state index in [0.717, 1.165) is 19.3 Å². The molecule has 2 saturated heterocycles. The van der Waals surface area contributed by atoms with Crippen molar-refractivity contribution in [1.29, 1.82) is 0 Å². The van der Waals surface area contributed by atoms with Crippen LogP contribution in [0, 0.1) is 0 Å². The molecular formula is C13H24F3N3O2S. The molecular weight excluding hydrogens is 319 g/mol. The number of halogens is 3. The Kier molecular flexibility index (Phi) is 5.73. The van der Waals surface area contributed by atoms with Gasteiger partial charge in [-0.2, -0.15) is 30.6 Å². The molecule has 0 aromatic heterocycles. The summed E-state index contributed by atoms with van der Waals surface area (Å²) in [5.74, 6) is 0. The highest BCUT2D eigenvalue weighted by Gasteiger charge is 2.35. The van der Waals surface area contributed by atoms with E-state index < -0.39 is 22.9 Å². The molecule has 0 saturated carbocycles. The van der Waals surface area contributed by atoms with Crippen LogP contribution in [0.15, 0.2) is 0 Å². The van der Waals surface area contributed by atoms with E-state index in [9.17, 15) is 21.6 Å². The third kappa shape index (κ3) is 5.07. The summed E-state index contributed by atoms with van der Waals surface area (Å²) in [7, 11) is -3.54. The van der Waals surface area contributed by atoms with Crippen LogP contribution in [0.4, 0.5) is 13.2 Å². The van der Waals surface area contributed by atoms with Gasteiger partial charge in [0.25, 0.3) is 10.2 Å². The van der Waals surface area contributed by atoms with Crippen LogP contribution in [0.2, 0.25) is 0 Å². The highest BCUT2D eigenvalue weighted by molar-refractivity contribution is 7.87. The monoisotopic (exact) mass is 343 g/mol. The largest absolute Gasteiger partial charge is 0.401 e. The molecule has 0 bridgehead atoms. The summed E-state index contributed by atoms with van der Waals surface area (Å²) in [6.07, 6.45) is -0.631. The number of rotatable bonds is 4. The highest BCUT2D eigenvalue weighted by Crippen LogP contribution is 2.22. The van der Waals surface area contributed by atoms with Crippen molar-refractivity contribution < 1.29 is 21.6 Å². The van der Waals surface area contributed by atoms with Crippen LogP contribution in [-0.2, 0) is 10.2 Å². The minimum absolute atomic E-state index is 0.0171. The summed E-state index contributed by atoms with van der Waals surface area (Å²) in [6.45, 7) is 2.02. The Balaban J connectivity index is 1.84. The van der Waals surface area contributed by atoms with E-state index in [1.165, 1.54) is 9.21 Å². The van der Waals surface area contributed by atoms with Gasteiger partial charge in [0.1, 0.15) is 0 Å². The first-order chi connectivity index (χ1) is 10.2. The van der Waals surface area contributed by atoms with Gasteiger partial charge < -0.3 is 0 Å². The zero-order valence-electron chi connectivity index (χ0n) is 12.8. The lowest BCUT2D eigenvalue weighted by Gasteiger charge is -2.36. The smallest absolute Gasteiger partial charge is 0.295 e. The van der Waals surface area contributed by atoms with Gasteiger partial charge in [-0.15, -0.1) is 0 Å². The van der Waals surface area contributed by atoms with Crippen molar-refractivity contribution in [1.82, 2.24) is 13.9 Å². The summed E-state index contributed by atoms with van der Waals surface area (Å²) >= 11 is 0. The van der Waals surface area contributed by atoms with Crippen molar-refractivity contribution in [3.05, 3.63) is 0 Å². The molecule has 2 fully saturated rings. The van der Waals surface area contributed by atoms with Crippen LogP contribution in [0.1, 0.15) is 39.0 Å². The Morgan fingerprint density at radius 3 is 2.27 bits per heavy atom. The zero-order chi connectivity index (χ0) is 16.4. The number of hydrogen-bond donors (Lipinski definition) is 1. The van der Waals surface area contributed by atoms with Gasteiger partial charge in [-0.1, -0.05) is 6.42 Å². The van der Waals surface area contributed by atoms with E-state index in [4.69, 9.17) is 0 Å². The maximum atomic E-state index is 12.4. The molecule has 2 aliphatic heterocycles. The summed E-state index contributed by atoms with van der Waals surface area (Å²) in [5.41, 5.74) is 0. The quantitative estimate of drug-likeness (QED) is 0.846. The average molecular weight is 343 g/mol. The molecule has 2 aliphatic rings. The average Bonchev–Trinajstić information content (AvgIpc) is 2.39. The summed E-state index contributed by atoms with van der Waals surface area (Å²) in [5, 5.41) is 0. The molecule has 5 nitrogen and oxygen atoms in total. The van der Waals surface area contributed by atoms with E-state index >= 15 is 0 Å². The zero-order valence-corrected chi connectivity index (χ0v) is 13.6. The Hall–Kier alpha value is -0.380. The Morgan fingerprint density at radius 1 is 1.09 bits per heavy atom. The van der Waals surface area contributed by atoms with Crippen LogP contribution < -0.4 is 4.72 Å². The SMILES string of the molecule is CC1CCCCN1S(=O)(=O)NC1CCN(CC(F)(F)F)CC1. The van der Waals surface area contributed by atoms with Gasteiger partial charge in [-0.05, 0) is 45.7 Å². The normalized spacial score (nSPS) is 27.2. The second-order valence-corrected chi connectivity index (χ2v) is 7.90.